The van der Waals surface area contributed by atoms with Crippen LogP contribution in [-0.4, -0.2) is 18.4 Å². The Morgan fingerprint density at radius 2 is 1.89 bits per heavy atom. The molecule has 0 saturated heterocycles. The summed E-state index contributed by atoms with van der Waals surface area (Å²) in [5.41, 5.74) is 1.66. The third kappa shape index (κ3) is 1.36. The number of rotatable bonds is 0. The minimum Gasteiger partial charge on any atom is -0.458 e. The van der Waals surface area contributed by atoms with Crippen molar-refractivity contribution >= 4 is 11.8 Å². The molecular formula is C15H20O3. The predicted octanol–water partition coefficient (Wildman–Crippen LogP) is 2.65. The summed E-state index contributed by atoms with van der Waals surface area (Å²) in [5, 5.41) is 0. The van der Waals surface area contributed by atoms with Crippen LogP contribution in [0.4, 0.5) is 0 Å². The molecule has 0 bridgehead atoms. The van der Waals surface area contributed by atoms with Gasteiger partial charge in [-0.25, -0.2) is 4.79 Å². The van der Waals surface area contributed by atoms with Crippen molar-refractivity contribution in [2.24, 2.45) is 16.7 Å². The molecular weight excluding hydrogens is 228 g/mol. The molecule has 1 saturated carbocycles. The van der Waals surface area contributed by atoms with Gasteiger partial charge in [-0.15, -0.1) is 0 Å². The maximum atomic E-state index is 12.5. The molecule has 98 valence electrons. The average Bonchev–Trinajstić information content (AvgIpc) is 2.59. The average molecular weight is 248 g/mol. The molecule has 18 heavy (non-hydrogen) atoms. The van der Waals surface area contributed by atoms with Gasteiger partial charge in [0.25, 0.3) is 0 Å². The highest BCUT2D eigenvalue weighted by molar-refractivity contribution is 6.01. The molecule has 0 aromatic rings. The second kappa shape index (κ2) is 3.46. The second-order valence-electron chi connectivity index (χ2n) is 6.87. The van der Waals surface area contributed by atoms with Gasteiger partial charge in [0.2, 0.25) is 0 Å². The van der Waals surface area contributed by atoms with Gasteiger partial charge in [0, 0.05) is 23.3 Å². The number of hydrogen-bond donors (Lipinski definition) is 0. The van der Waals surface area contributed by atoms with Gasteiger partial charge in [-0.2, -0.15) is 0 Å². The first-order chi connectivity index (χ1) is 8.36. The second-order valence-corrected chi connectivity index (χ2v) is 6.87. The predicted molar refractivity (Wildman–Crippen MR) is 66.8 cm³/mol. The van der Waals surface area contributed by atoms with Gasteiger partial charge in [-0.1, -0.05) is 27.2 Å². The van der Waals surface area contributed by atoms with E-state index in [0.717, 1.165) is 24.8 Å². The monoisotopic (exact) mass is 248 g/mol. The Labute approximate surface area is 108 Å². The summed E-state index contributed by atoms with van der Waals surface area (Å²) in [6.07, 6.45) is 3.51. The lowest BCUT2D eigenvalue weighted by Gasteiger charge is -2.52. The quantitative estimate of drug-likeness (QED) is 0.619. The molecule has 0 aromatic carbocycles. The van der Waals surface area contributed by atoms with Crippen LogP contribution in [0.25, 0.3) is 0 Å². The lowest BCUT2D eigenvalue weighted by molar-refractivity contribution is -0.138. The number of ether oxygens (including phenoxy) is 1. The van der Waals surface area contributed by atoms with Gasteiger partial charge in [0.05, 0.1) is 0 Å². The van der Waals surface area contributed by atoms with Gasteiger partial charge in [0.15, 0.2) is 0 Å². The summed E-state index contributed by atoms with van der Waals surface area (Å²) in [5.74, 6) is 0.0215. The third-order valence-corrected chi connectivity index (χ3v) is 5.26. The van der Waals surface area contributed by atoms with Gasteiger partial charge in [-0.05, 0) is 23.8 Å². The van der Waals surface area contributed by atoms with Crippen molar-refractivity contribution in [1.29, 1.82) is 0 Å². The molecule has 3 nitrogen and oxygen atoms in total. The summed E-state index contributed by atoms with van der Waals surface area (Å²) in [6.45, 7) is 6.95. The molecule has 3 heteroatoms. The number of Topliss-reactive ketones (excluding diaryl/α,β-unsaturated/α-hetero) is 1. The zero-order valence-electron chi connectivity index (χ0n) is 11.3. The van der Waals surface area contributed by atoms with Crippen molar-refractivity contribution in [3.63, 3.8) is 0 Å². The first kappa shape index (κ1) is 11.9. The molecule has 2 atom stereocenters. The molecule has 0 radical (unpaired) electrons. The number of cyclic esters (lactones) is 1. The molecule has 1 fully saturated rings. The van der Waals surface area contributed by atoms with Gasteiger partial charge in [-0.3, -0.25) is 4.79 Å². The van der Waals surface area contributed by atoms with Crippen LogP contribution in [0.3, 0.4) is 0 Å². The Morgan fingerprint density at radius 3 is 2.61 bits per heavy atom. The maximum Gasteiger partial charge on any atom is 0.334 e. The summed E-state index contributed by atoms with van der Waals surface area (Å²) < 4.78 is 5.17. The Balaban J connectivity index is 2.14. The molecule has 3 aliphatic rings. The number of carbonyl (C=O) groups excluding carboxylic acids is 2. The maximum absolute atomic E-state index is 12.5. The molecule has 0 amide bonds. The van der Waals surface area contributed by atoms with Crippen LogP contribution in [-0.2, 0) is 14.3 Å². The highest BCUT2D eigenvalue weighted by atomic mass is 16.5. The van der Waals surface area contributed by atoms with Crippen molar-refractivity contribution in [3.05, 3.63) is 11.1 Å². The van der Waals surface area contributed by atoms with Crippen molar-refractivity contribution < 1.29 is 14.3 Å². The molecule has 2 aliphatic carbocycles. The van der Waals surface area contributed by atoms with Crippen LogP contribution < -0.4 is 0 Å². The molecule has 0 N–H and O–H groups in total. The van der Waals surface area contributed by atoms with Crippen LogP contribution in [0, 0.1) is 16.7 Å². The van der Waals surface area contributed by atoms with E-state index in [2.05, 4.69) is 20.8 Å². The van der Waals surface area contributed by atoms with Gasteiger partial charge in [0.1, 0.15) is 12.4 Å². The van der Waals surface area contributed by atoms with E-state index < -0.39 is 0 Å². The fraction of sp³-hybridized carbons (Fsp3) is 0.733. The Kier molecular flexibility index (Phi) is 2.30. The zero-order valence-corrected chi connectivity index (χ0v) is 11.3. The minimum atomic E-state index is -0.263. The van der Waals surface area contributed by atoms with E-state index in [1.165, 1.54) is 0 Å². The molecule has 0 unspecified atom stereocenters. The van der Waals surface area contributed by atoms with Crippen molar-refractivity contribution in [1.82, 2.24) is 0 Å². The number of hydrogen-bond acceptors (Lipinski definition) is 3. The van der Waals surface area contributed by atoms with E-state index in [0.29, 0.717) is 12.2 Å². The summed E-state index contributed by atoms with van der Waals surface area (Å²) in [7, 11) is 0. The van der Waals surface area contributed by atoms with Crippen molar-refractivity contribution in [3.8, 4) is 0 Å². The van der Waals surface area contributed by atoms with E-state index in [9.17, 15) is 9.59 Å². The third-order valence-electron chi connectivity index (χ3n) is 5.26. The topological polar surface area (TPSA) is 43.4 Å². The minimum absolute atomic E-state index is 0.0360. The van der Waals surface area contributed by atoms with E-state index in [4.69, 9.17) is 4.74 Å². The highest BCUT2D eigenvalue weighted by Gasteiger charge is 2.56. The van der Waals surface area contributed by atoms with Crippen molar-refractivity contribution in [2.75, 3.05) is 6.61 Å². The summed E-state index contributed by atoms with van der Waals surface area (Å²) in [4.78, 5) is 24.2. The number of esters is 1. The van der Waals surface area contributed by atoms with E-state index in [1.807, 2.05) is 0 Å². The van der Waals surface area contributed by atoms with Gasteiger partial charge >= 0.3 is 5.97 Å². The smallest absolute Gasteiger partial charge is 0.334 e. The summed E-state index contributed by atoms with van der Waals surface area (Å²) in [6, 6.07) is 0. The van der Waals surface area contributed by atoms with Crippen LogP contribution in [0.15, 0.2) is 11.1 Å². The van der Waals surface area contributed by atoms with Gasteiger partial charge < -0.3 is 4.74 Å². The number of fused-ring (bicyclic) bond motifs is 2. The van der Waals surface area contributed by atoms with E-state index >= 15 is 0 Å². The first-order valence-corrected chi connectivity index (χ1v) is 6.78. The van der Waals surface area contributed by atoms with Crippen LogP contribution in [0.5, 0.6) is 0 Å². The van der Waals surface area contributed by atoms with E-state index in [-0.39, 0.29) is 34.9 Å². The number of carbonyl (C=O) groups is 2. The number of ketones is 1. The standard InChI is InChI=1S/C15H20O3/c1-14(2)5-4-6-15(3)10-8-18-13(17)9(10)7-11(16)12(14)15/h12H,4-8H2,1-3H3/t12-,15+/m0/s1. The summed E-state index contributed by atoms with van der Waals surface area (Å²) >= 11 is 0. The SMILES string of the molecule is CC1(C)CCC[C@]2(C)C3=C(CC(=O)[C@@H]12)C(=O)OC3. The lowest BCUT2D eigenvalue weighted by atomic mass is 9.50. The largest absolute Gasteiger partial charge is 0.458 e. The Hall–Kier alpha value is -1.12. The fourth-order valence-electron chi connectivity index (χ4n) is 4.58. The zero-order chi connectivity index (χ0) is 13.1. The Bertz CT molecular complexity index is 472. The molecule has 3 rings (SSSR count). The fourth-order valence-corrected chi connectivity index (χ4v) is 4.58. The highest BCUT2D eigenvalue weighted by Crippen LogP contribution is 2.59. The molecule has 1 heterocycles. The normalized spacial score (nSPS) is 38.3. The van der Waals surface area contributed by atoms with Crippen LogP contribution in [0.2, 0.25) is 0 Å². The van der Waals surface area contributed by atoms with Crippen molar-refractivity contribution in [2.45, 2.75) is 46.5 Å². The Morgan fingerprint density at radius 1 is 1.17 bits per heavy atom. The first-order valence-electron chi connectivity index (χ1n) is 6.78. The van der Waals surface area contributed by atoms with Crippen LogP contribution in [0.1, 0.15) is 46.5 Å². The lowest BCUT2D eigenvalue weighted by Crippen LogP contribution is -2.50. The van der Waals surface area contributed by atoms with E-state index in [1.54, 1.807) is 0 Å². The van der Waals surface area contributed by atoms with Crippen LogP contribution >= 0.6 is 0 Å². The molecule has 0 spiro atoms. The molecule has 0 aromatic heterocycles. The molecule has 1 aliphatic heterocycles.